The molecule has 0 atom stereocenters. The highest BCUT2D eigenvalue weighted by molar-refractivity contribution is 5.87. The monoisotopic (exact) mass is 361 g/mol. The maximum Gasteiger partial charge on any atom is 0.416 e. The van der Waals surface area contributed by atoms with Crippen LogP contribution in [0.15, 0.2) is 49.1 Å². The van der Waals surface area contributed by atoms with Crippen LogP contribution in [0.25, 0.3) is 11.1 Å². The third-order valence-corrected chi connectivity index (χ3v) is 4.55. The van der Waals surface area contributed by atoms with E-state index in [0.29, 0.717) is 30.8 Å². The lowest BCUT2D eigenvalue weighted by Gasteiger charge is -2.29. The van der Waals surface area contributed by atoms with Crippen LogP contribution in [-0.4, -0.2) is 24.5 Å². The maximum absolute atomic E-state index is 12.8. The lowest BCUT2D eigenvalue weighted by molar-refractivity contribution is -0.137. The van der Waals surface area contributed by atoms with E-state index < -0.39 is 11.7 Å². The van der Waals surface area contributed by atoms with Crippen LogP contribution in [0.2, 0.25) is 0 Å². The van der Waals surface area contributed by atoms with Gasteiger partial charge in [0.2, 0.25) is 5.91 Å². The molecule has 0 unspecified atom stereocenters. The first-order valence-corrected chi connectivity index (χ1v) is 8.12. The molecule has 0 bridgehead atoms. The third-order valence-electron chi connectivity index (χ3n) is 4.55. The number of rotatable bonds is 3. The molecule has 3 nitrogen and oxygen atoms in total. The topological polar surface area (TPSA) is 29.5 Å². The van der Waals surface area contributed by atoms with Gasteiger partial charge in [-0.2, -0.15) is 13.2 Å². The van der Waals surface area contributed by atoms with Gasteiger partial charge < -0.3 is 9.64 Å². The summed E-state index contributed by atoms with van der Waals surface area (Å²) in [5.41, 5.74) is 2.68. The van der Waals surface area contributed by atoms with Crippen molar-refractivity contribution < 1.29 is 22.7 Å². The van der Waals surface area contributed by atoms with Gasteiger partial charge in [0.05, 0.1) is 12.7 Å². The Morgan fingerprint density at radius 3 is 2.46 bits per heavy atom. The van der Waals surface area contributed by atoms with Gasteiger partial charge in [0.1, 0.15) is 5.75 Å². The molecule has 0 saturated heterocycles. The first-order valence-electron chi connectivity index (χ1n) is 8.12. The number of halogens is 3. The van der Waals surface area contributed by atoms with Gasteiger partial charge in [-0.3, -0.25) is 4.79 Å². The SMILES string of the molecule is C=CC(=O)N1CCc2c(cc(-c3ccc(C(F)(F)F)cc3)cc2OC)C1. The van der Waals surface area contributed by atoms with E-state index in [1.807, 2.05) is 12.1 Å². The van der Waals surface area contributed by atoms with E-state index in [1.165, 1.54) is 18.2 Å². The Labute approximate surface area is 149 Å². The van der Waals surface area contributed by atoms with Crippen LogP contribution in [-0.2, 0) is 23.9 Å². The summed E-state index contributed by atoms with van der Waals surface area (Å²) in [7, 11) is 1.56. The number of alkyl halides is 3. The summed E-state index contributed by atoms with van der Waals surface area (Å²) in [5.74, 6) is 0.539. The molecule has 0 aromatic heterocycles. The van der Waals surface area contributed by atoms with E-state index in [1.54, 1.807) is 12.0 Å². The van der Waals surface area contributed by atoms with Gasteiger partial charge in [-0.25, -0.2) is 0 Å². The number of hydrogen-bond acceptors (Lipinski definition) is 2. The fourth-order valence-electron chi connectivity index (χ4n) is 3.18. The zero-order valence-electron chi connectivity index (χ0n) is 14.3. The number of fused-ring (bicyclic) bond motifs is 1. The quantitative estimate of drug-likeness (QED) is 0.756. The Balaban J connectivity index is 1.99. The second-order valence-corrected chi connectivity index (χ2v) is 6.11. The zero-order valence-corrected chi connectivity index (χ0v) is 14.3. The van der Waals surface area contributed by atoms with Gasteiger partial charge in [-0.05, 0) is 53.5 Å². The van der Waals surface area contributed by atoms with Crippen molar-refractivity contribution >= 4 is 5.91 Å². The lowest BCUT2D eigenvalue weighted by atomic mass is 9.93. The fraction of sp³-hybridized carbons (Fsp3) is 0.250. The van der Waals surface area contributed by atoms with Gasteiger partial charge in [-0.15, -0.1) is 0 Å². The molecular formula is C20H18F3NO2. The molecule has 26 heavy (non-hydrogen) atoms. The summed E-state index contributed by atoms with van der Waals surface area (Å²) in [4.78, 5) is 13.6. The Bertz CT molecular complexity index is 841. The molecule has 0 radical (unpaired) electrons. The second-order valence-electron chi connectivity index (χ2n) is 6.11. The summed E-state index contributed by atoms with van der Waals surface area (Å²) < 4.78 is 43.7. The summed E-state index contributed by atoms with van der Waals surface area (Å²) >= 11 is 0. The highest BCUT2D eigenvalue weighted by Crippen LogP contribution is 2.35. The first-order chi connectivity index (χ1) is 12.3. The van der Waals surface area contributed by atoms with Gasteiger partial charge >= 0.3 is 6.18 Å². The van der Waals surface area contributed by atoms with E-state index in [9.17, 15) is 18.0 Å². The predicted molar refractivity (Wildman–Crippen MR) is 92.8 cm³/mol. The number of methoxy groups -OCH3 is 1. The number of amides is 1. The van der Waals surface area contributed by atoms with Crippen molar-refractivity contribution in [2.24, 2.45) is 0 Å². The van der Waals surface area contributed by atoms with Crippen LogP contribution in [0.4, 0.5) is 13.2 Å². The second kappa shape index (κ2) is 6.86. The van der Waals surface area contributed by atoms with Gasteiger partial charge in [0, 0.05) is 18.7 Å². The van der Waals surface area contributed by atoms with Crippen LogP contribution in [0.1, 0.15) is 16.7 Å². The standard InChI is InChI=1S/C20H18F3NO2/c1-3-19(25)24-9-8-17-15(12-24)10-14(11-18(17)26-2)13-4-6-16(7-5-13)20(21,22)23/h3-7,10-11H,1,8-9,12H2,2H3. The molecule has 2 aromatic rings. The van der Waals surface area contributed by atoms with Gasteiger partial charge in [-0.1, -0.05) is 18.7 Å². The maximum atomic E-state index is 12.8. The largest absolute Gasteiger partial charge is 0.496 e. The average Bonchev–Trinajstić information content (AvgIpc) is 2.65. The summed E-state index contributed by atoms with van der Waals surface area (Å²) in [6, 6.07) is 8.75. The first kappa shape index (κ1) is 18.0. The van der Waals surface area contributed by atoms with Crippen molar-refractivity contribution in [2.45, 2.75) is 19.1 Å². The molecule has 0 saturated carbocycles. The minimum absolute atomic E-state index is 0.144. The summed E-state index contributed by atoms with van der Waals surface area (Å²) in [6.07, 6.45) is -2.43. The number of benzene rings is 2. The Hall–Kier alpha value is -2.76. The molecule has 1 amide bonds. The van der Waals surface area contributed by atoms with E-state index in [0.717, 1.165) is 28.8 Å². The van der Waals surface area contributed by atoms with E-state index in [4.69, 9.17) is 4.74 Å². The van der Waals surface area contributed by atoms with Gasteiger partial charge in [0.25, 0.3) is 0 Å². The molecule has 6 heteroatoms. The molecule has 1 aliphatic heterocycles. The van der Waals surface area contributed by atoms with E-state index in [-0.39, 0.29) is 5.91 Å². The molecule has 1 heterocycles. The van der Waals surface area contributed by atoms with E-state index >= 15 is 0 Å². The average molecular weight is 361 g/mol. The van der Waals surface area contributed by atoms with Crippen molar-refractivity contribution in [3.63, 3.8) is 0 Å². The summed E-state index contributed by atoms with van der Waals surface area (Å²) in [5, 5.41) is 0. The molecular weight excluding hydrogens is 343 g/mol. The van der Waals surface area contributed by atoms with Crippen LogP contribution in [0, 0.1) is 0 Å². The molecule has 1 aliphatic rings. The number of carbonyl (C=O) groups excluding carboxylic acids is 1. The van der Waals surface area contributed by atoms with Crippen LogP contribution in [0.5, 0.6) is 5.75 Å². The fourth-order valence-corrected chi connectivity index (χ4v) is 3.18. The van der Waals surface area contributed by atoms with Crippen molar-refractivity contribution in [3.8, 4) is 16.9 Å². The van der Waals surface area contributed by atoms with Crippen molar-refractivity contribution in [1.29, 1.82) is 0 Å². The molecule has 136 valence electrons. The summed E-state index contributed by atoms with van der Waals surface area (Å²) in [6.45, 7) is 4.51. The molecule has 0 N–H and O–H groups in total. The molecule has 0 fully saturated rings. The number of carbonyl (C=O) groups is 1. The third kappa shape index (κ3) is 3.45. The number of hydrogen-bond donors (Lipinski definition) is 0. The Morgan fingerprint density at radius 1 is 1.19 bits per heavy atom. The molecule has 2 aromatic carbocycles. The Kier molecular flexibility index (Phi) is 4.76. The normalized spacial score (nSPS) is 13.9. The van der Waals surface area contributed by atoms with Gasteiger partial charge in [0.15, 0.2) is 0 Å². The predicted octanol–water partition coefficient (Wildman–Crippen LogP) is 4.45. The lowest BCUT2D eigenvalue weighted by Crippen LogP contribution is -2.34. The number of nitrogens with zero attached hydrogens (tertiary/aromatic N) is 1. The van der Waals surface area contributed by atoms with Crippen LogP contribution in [0.3, 0.4) is 0 Å². The zero-order chi connectivity index (χ0) is 18.9. The highest BCUT2D eigenvalue weighted by atomic mass is 19.4. The minimum atomic E-state index is -4.36. The minimum Gasteiger partial charge on any atom is -0.496 e. The number of ether oxygens (including phenoxy) is 1. The molecule has 0 spiro atoms. The van der Waals surface area contributed by atoms with Crippen molar-refractivity contribution in [1.82, 2.24) is 4.90 Å². The van der Waals surface area contributed by atoms with Crippen molar-refractivity contribution in [3.05, 3.63) is 65.7 Å². The van der Waals surface area contributed by atoms with Crippen molar-refractivity contribution in [2.75, 3.05) is 13.7 Å². The Morgan fingerprint density at radius 2 is 1.88 bits per heavy atom. The van der Waals surface area contributed by atoms with Crippen LogP contribution >= 0.6 is 0 Å². The molecule has 0 aliphatic carbocycles. The smallest absolute Gasteiger partial charge is 0.416 e. The highest BCUT2D eigenvalue weighted by Gasteiger charge is 2.30. The molecule has 3 rings (SSSR count). The van der Waals surface area contributed by atoms with Crippen LogP contribution < -0.4 is 4.74 Å². The van der Waals surface area contributed by atoms with E-state index in [2.05, 4.69) is 6.58 Å².